The Morgan fingerprint density at radius 2 is 1.21 bits per heavy atom. The third-order valence-corrected chi connectivity index (χ3v) is 6.77. The normalized spacial score (nSPS) is 15.3. The van der Waals surface area contributed by atoms with E-state index >= 15 is 0 Å². The molecule has 0 bridgehead atoms. The molecule has 0 aromatic rings. The van der Waals surface area contributed by atoms with Gasteiger partial charge in [0.15, 0.2) is 5.60 Å². The van der Waals surface area contributed by atoms with E-state index in [2.05, 4.69) is 6.92 Å². The lowest BCUT2D eigenvalue weighted by molar-refractivity contribution is -0.188. The summed E-state index contributed by atoms with van der Waals surface area (Å²) in [5, 5.41) is 57.2. The first-order chi connectivity index (χ1) is 18.0. The van der Waals surface area contributed by atoms with Crippen molar-refractivity contribution in [1.82, 2.24) is 0 Å². The van der Waals surface area contributed by atoms with Gasteiger partial charge in [-0.05, 0) is 6.42 Å². The predicted octanol–water partition coefficient (Wildman–Crippen LogP) is 3.36. The summed E-state index contributed by atoms with van der Waals surface area (Å²) in [7, 11) is 0. The summed E-state index contributed by atoms with van der Waals surface area (Å²) in [6, 6.07) is 0. The molecule has 0 fully saturated rings. The molecule has 4 unspecified atom stereocenters. The smallest absolute Gasteiger partial charge is 0.337 e. The van der Waals surface area contributed by atoms with E-state index in [1.807, 2.05) is 0 Å². The number of hydrogen-bond acceptors (Lipinski definition) is 8. The number of carboxylic acid groups (broad SMARTS) is 3. The predicted molar refractivity (Wildman–Crippen MR) is 138 cm³/mol. The van der Waals surface area contributed by atoms with E-state index in [4.69, 9.17) is 14.9 Å². The number of aliphatic carboxylic acids is 3. The molecule has 0 aliphatic rings. The van der Waals surface area contributed by atoms with Gasteiger partial charge in [-0.3, -0.25) is 14.4 Å². The van der Waals surface area contributed by atoms with Crippen LogP contribution in [0.1, 0.15) is 110 Å². The first-order valence-corrected chi connectivity index (χ1v) is 13.9. The molecule has 0 aliphatic carbocycles. The Morgan fingerprint density at radius 1 is 0.763 bits per heavy atom. The van der Waals surface area contributed by atoms with E-state index in [9.17, 15) is 39.6 Å². The lowest BCUT2D eigenvalue weighted by atomic mass is 9.74. The van der Waals surface area contributed by atoms with Crippen molar-refractivity contribution in [3.8, 4) is 0 Å². The van der Waals surface area contributed by atoms with Crippen LogP contribution in [0.25, 0.3) is 0 Å². The zero-order chi connectivity index (χ0) is 29.0. The number of ether oxygens (including phenoxy) is 1. The van der Waals surface area contributed by atoms with E-state index in [-0.39, 0.29) is 6.42 Å². The number of carbonyl (C=O) groups is 4. The Labute approximate surface area is 225 Å². The second-order valence-electron chi connectivity index (χ2n) is 10.1. The van der Waals surface area contributed by atoms with Gasteiger partial charge < -0.3 is 35.4 Å². The maximum absolute atomic E-state index is 12.7. The minimum Gasteiger partial charge on any atom is -0.481 e. The number of aliphatic hydroxyl groups excluding tert-OH is 2. The van der Waals surface area contributed by atoms with Gasteiger partial charge in [-0.25, -0.2) is 4.79 Å². The number of carboxylic acids is 3. The van der Waals surface area contributed by atoms with Crippen LogP contribution in [-0.2, 0) is 23.9 Å². The van der Waals surface area contributed by atoms with Crippen LogP contribution in [0.3, 0.4) is 0 Å². The highest BCUT2D eigenvalue weighted by Gasteiger charge is 2.55. The van der Waals surface area contributed by atoms with Gasteiger partial charge in [-0.15, -0.1) is 0 Å². The summed E-state index contributed by atoms with van der Waals surface area (Å²) in [5.74, 6) is -10.8. The minimum atomic E-state index is -3.26. The Morgan fingerprint density at radius 3 is 1.58 bits per heavy atom. The van der Waals surface area contributed by atoms with Crippen LogP contribution in [0, 0.1) is 11.8 Å². The van der Waals surface area contributed by atoms with Gasteiger partial charge >= 0.3 is 23.9 Å². The fourth-order valence-electron chi connectivity index (χ4n) is 4.58. The topological polar surface area (TPSA) is 199 Å². The SMILES string of the molecule is CCCCCCCCCCCCCCCCC(C(=O)OCC(O)CO)C(C(=O)O)C(O)(CC(=O)O)C(=O)O. The quantitative estimate of drug-likeness (QED) is 0.0722. The van der Waals surface area contributed by atoms with Crippen molar-refractivity contribution in [3.05, 3.63) is 0 Å². The summed E-state index contributed by atoms with van der Waals surface area (Å²) < 4.78 is 4.87. The number of rotatable bonds is 25. The Bertz CT molecular complexity index is 697. The fourth-order valence-corrected chi connectivity index (χ4v) is 4.58. The first kappa shape index (κ1) is 35.8. The van der Waals surface area contributed by atoms with Gasteiger partial charge in [0, 0.05) is 0 Å². The third-order valence-electron chi connectivity index (χ3n) is 6.77. The van der Waals surface area contributed by atoms with Crippen molar-refractivity contribution in [2.75, 3.05) is 13.2 Å². The standard InChI is InChI=1S/C27H48O11/c1-2-3-4-5-6-7-8-9-10-11-12-13-14-15-16-21(25(34)38-19-20(29)18-28)23(24(32)33)27(37,26(35)36)17-22(30)31/h20-21,23,28-29,37H,2-19H2,1H3,(H,30,31)(H,32,33)(H,35,36). The molecule has 0 spiro atoms. The largest absolute Gasteiger partial charge is 0.481 e. The maximum atomic E-state index is 12.7. The molecule has 6 N–H and O–H groups in total. The summed E-state index contributed by atoms with van der Waals surface area (Å²) >= 11 is 0. The molecule has 0 aromatic carbocycles. The average Bonchev–Trinajstić information content (AvgIpc) is 2.85. The molecule has 222 valence electrons. The summed E-state index contributed by atoms with van der Waals surface area (Å²) in [5.41, 5.74) is -3.26. The van der Waals surface area contributed by atoms with Gasteiger partial charge in [0.2, 0.25) is 0 Å². The summed E-state index contributed by atoms with van der Waals surface area (Å²) in [4.78, 5) is 47.6. The molecular weight excluding hydrogens is 500 g/mol. The zero-order valence-corrected chi connectivity index (χ0v) is 22.7. The molecule has 38 heavy (non-hydrogen) atoms. The highest BCUT2D eigenvalue weighted by atomic mass is 16.5. The van der Waals surface area contributed by atoms with E-state index < -0.39 is 67.1 Å². The van der Waals surface area contributed by atoms with E-state index in [0.29, 0.717) is 12.8 Å². The Hall–Kier alpha value is -2.24. The molecule has 0 heterocycles. The van der Waals surface area contributed by atoms with Gasteiger partial charge in [0.1, 0.15) is 18.6 Å². The molecule has 0 aromatic heterocycles. The van der Waals surface area contributed by atoms with Crippen molar-refractivity contribution in [1.29, 1.82) is 0 Å². The lowest BCUT2D eigenvalue weighted by Gasteiger charge is -2.33. The van der Waals surface area contributed by atoms with Crippen molar-refractivity contribution in [2.45, 2.75) is 121 Å². The van der Waals surface area contributed by atoms with Gasteiger partial charge in [-0.2, -0.15) is 0 Å². The first-order valence-electron chi connectivity index (χ1n) is 13.9. The van der Waals surface area contributed by atoms with Crippen molar-refractivity contribution in [3.63, 3.8) is 0 Å². The molecule has 4 atom stereocenters. The molecular formula is C27H48O11. The zero-order valence-electron chi connectivity index (χ0n) is 22.7. The van der Waals surface area contributed by atoms with Crippen molar-refractivity contribution in [2.24, 2.45) is 11.8 Å². The molecule has 11 heteroatoms. The average molecular weight is 549 g/mol. The van der Waals surface area contributed by atoms with E-state index in [1.165, 1.54) is 51.4 Å². The fraction of sp³-hybridized carbons (Fsp3) is 0.852. The molecule has 0 aliphatic heterocycles. The highest BCUT2D eigenvalue weighted by Crippen LogP contribution is 2.34. The Kier molecular flexibility index (Phi) is 19.5. The number of esters is 1. The van der Waals surface area contributed by atoms with Crippen molar-refractivity contribution >= 4 is 23.9 Å². The maximum Gasteiger partial charge on any atom is 0.337 e. The van der Waals surface area contributed by atoms with Crippen LogP contribution < -0.4 is 0 Å². The van der Waals surface area contributed by atoms with E-state index in [1.54, 1.807) is 0 Å². The van der Waals surface area contributed by atoms with Gasteiger partial charge in [-0.1, -0.05) is 96.8 Å². The van der Waals surface area contributed by atoms with Crippen LogP contribution in [0.5, 0.6) is 0 Å². The molecule has 0 amide bonds. The molecule has 0 saturated heterocycles. The van der Waals surface area contributed by atoms with Crippen LogP contribution in [0.15, 0.2) is 0 Å². The second kappa shape index (κ2) is 20.7. The summed E-state index contributed by atoms with van der Waals surface area (Å²) in [6.07, 6.45) is 12.0. The number of hydrogen-bond donors (Lipinski definition) is 6. The van der Waals surface area contributed by atoms with Gasteiger partial charge in [0.05, 0.1) is 18.9 Å². The minimum absolute atomic E-state index is 0.155. The monoisotopic (exact) mass is 548 g/mol. The molecule has 11 nitrogen and oxygen atoms in total. The van der Waals surface area contributed by atoms with Crippen LogP contribution in [-0.4, -0.2) is 79.4 Å². The number of unbranched alkanes of at least 4 members (excludes halogenated alkanes) is 13. The summed E-state index contributed by atoms with van der Waals surface area (Å²) in [6.45, 7) is 0.812. The van der Waals surface area contributed by atoms with Crippen LogP contribution >= 0.6 is 0 Å². The molecule has 0 radical (unpaired) electrons. The lowest BCUT2D eigenvalue weighted by Crippen LogP contribution is -2.55. The van der Waals surface area contributed by atoms with Crippen LogP contribution in [0.4, 0.5) is 0 Å². The number of aliphatic hydroxyl groups is 3. The van der Waals surface area contributed by atoms with Gasteiger partial charge in [0.25, 0.3) is 0 Å². The highest BCUT2D eigenvalue weighted by molar-refractivity contribution is 5.92. The Balaban J connectivity index is 4.89. The number of carbonyl (C=O) groups excluding carboxylic acids is 1. The molecule has 0 rings (SSSR count). The second-order valence-corrected chi connectivity index (χ2v) is 10.1. The van der Waals surface area contributed by atoms with E-state index in [0.717, 1.165) is 25.7 Å². The van der Waals surface area contributed by atoms with Crippen molar-refractivity contribution < 1.29 is 54.6 Å². The van der Waals surface area contributed by atoms with Crippen LogP contribution in [0.2, 0.25) is 0 Å². The molecule has 0 saturated carbocycles. The third kappa shape index (κ3) is 14.6.